The van der Waals surface area contributed by atoms with Gasteiger partial charge in [0.15, 0.2) is 0 Å². The zero-order valence-electron chi connectivity index (χ0n) is 9.92. The van der Waals surface area contributed by atoms with Gasteiger partial charge in [0.05, 0.1) is 6.54 Å². The van der Waals surface area contributed by atoms with Crippen LogP contribution in [0.2, 0.25) is 0 Å². The number of alkyl halides is 2. The van der Waals surface area contributed by atoms with Gasteiger partial charge < -0.3 is 4.90 Å². The first-order chi connectivity index (χ1) is 7.16. The third-order valence-electron chi connectivity index (χ3n) is 3.22. The van der Waals surface area contributed by atoms with Gasteiger partial charge in [-0.2, -0.15) is 0 Å². The highest BCUT2D eigenvalue weighted by Crippen LogP contribution is 2.30. The molecule has 2 aliphatic heterocycles. The second-order valence-electron chi connectivity index (χ2n) is 4.22. The fraction of sp³-hybridized carbons (Fsp3) is 1.00. The van der Waals surface area contributed by atoms with Crippen molar-refractivity contribution in [1.82, 2.24) is 9.80 Å². The van der Waals surface area contributed by atoms with Crippen molar-refractivity contribution in [2.45, 2.75) is 32.7 Å². The molecule has 0 aromatic rings. The second kappa shape index (κ2) is 5.75. The SMILES string of the molecule is CC.CN1C[C@@H]2CCN(CC(F)F)[C@@H]2C1. The maximum Gasteiger partial charge on any atom is 0.251 e. The molecule has 2 nitrogen and oxygen atoms in total. The molecule has 0 amide bonds. The van der Waals surface area contributed by atoms with Gasteiger partial charge in [-0.15, -0.1) is 0 Å². The van der Waals surface area contributed by atoms with Crippen molar-refractivity contribution in [3.05, 3.63) is 0 Å². The topological polar surface area (TPSA) is 6.48 Å². The van der Waals surface area contributed by atoms with E-state index in [9.17, 15) is 8.78 Å². The van der Waals surface area contributed by atoms with Crippen molar-refractivity contribution in [3.8, 4) is 0 Å². The van der Waals surface area contributed by atoms with Crippen molar-refractivity contribution < 1.29 is 8.78 Å². The molecule has 2 aliphatic rings. The van der Waals surface area contributed by atoms with Crippen LogP contribution < -0.4 is 0 Å². The Balaban J connectivity index is 0.000000531. The molecule has 0 saturated carbocycles. The summed E-state index contributed by atoms with van der Waals surface area (Å²) in [5.41, 5.74) is 0. The standard InChI is InChI=1S/C9H16F2N2.C2H6/c1-12-4-7-2-3-13(6-9(10)11)8(7)5-12;1-2/h7-9H,2-6H2,1H3;1-2H3/t7-,8+;/m0./s1. The number of fused-ring (bicyclic) bond motifs is 1. The first-order valence-electron chi connectivity index (χ1n) is 5.87. The Morgan fingerprint density at radius 2 is 1.93 bits per heavy atom. The first kappa shape index (κ1) is 12.8. The fourth-order valence-electron chi connectivity index (χ4n) is 2.66. The molecule has 2 atom stereocenters. The fourth-order valence-corrected chi connectivity index (χ4v) is 2.66. The Bertz CT molecular complexity index is 187. The van der Waals surface area contributed by atoms with Gasteiger partial charge in [-0.1, -0.05) is 13.8 Å². The molecule has 0 aromatic carbocycles. The van der Waals surface area contributed by atoms with E-state index in [-0.39, 0.29) is 6.54 Å². The minimum atomic E-state index is -2.18. The molecule has 2 heterocycles. The van der Waals surface area contributed by atoms with Crippen molar-refractivity contribution in [2.75, 3.05) is 33.2 Å². The lowest BCUT2D eigenvalue weighted by Crippen LogP contribution is -2.37. The Hall–Kier alpha value is -0.220. The van der Waals surface area contributed by atoms with Crippen LogP contribution in [-0.4, -0.2) is 55.5 Å². The predicted octanol–water partition coefficient (Wildman–Crippen LogP) is 1.91. The summed E-state index contributed by atoms with van der Waals surface area (Å²) < 4.78 is 24.4. The summed E-state index contributed by atoms with van der Waals surface area (Å²) in [6.07, 6.45) is -1.08. The summed E-state index contributed by atoms with van der Waals surface area (Å²) in [4.78, 5) is 4.20. The summed E-state index contributed by atoms with van der Waals surface area (Å²) in [5, 5.41) is 0. The molecular formula is C11H22F2N2. The largest absolute Gasteiger partial charge is 0.304 e. The van der Waals surface area contributed by atoms with E-state index in [0.29, 0.717) is 12.0 Å². The van der Waals surface area contributed by atoms with Crippen LogP contribution in [0.4, 0.5) is 8.78 Å². The molecule has 90 valence electrons. The van der Waals surface area contributed by atoms with Gasteiger partial charge in [-0.3, -0.25) is 4.90 Å². The van der Waals surface area contributed by atoms with Crippen LogP contribution in [0.3, 0.4) is 0 Å². The number of likely N-dealkylation sites (N-methyl/N-ethyl adjacent to an activating group) is 1. The van der Waals surface area contributed by atoms with Gasteiger partial charge in [-0.05, 0) is 25.9 Å². The molecule has 2 saturated heterocycles. The second-order valence-corrected chi connectivity index (χ2v) is 4.22. The molecule has 4 heteroatoms. The van der Waals surface area contributed by atoms with E-state index in [2.05, 4.69) is 11.9 Å². The van der Waals surface area contributed by atoms with Crippen molar-refractivity contribution >= 4 is 0 Å². The average Bonchev–Trinajstić information content (AvgIpc) is 2.70. The van der Waals surface area contributed by atoms with Crippen LogP contribution in [0.5, 0.6) is 0 Å². The van der Waals surface area contributed by atoms with E-state index < -0.39 is 6.43 Å². The Kier molecular flexibility index (Phi) is 4.93. The van der Waals surface area contributed by atoms with Crippen molar-refractivity contribution in [1.29, 1.82) is 0 Å². The van der Waals surface area contributed by atoms with Crippen LogP contribution in [0.25, 0.3) is 0 Å². The van der Waals surface area contributed by atoms with Crippen LogP contribution in [-0.2, 0) is 0 Å². The normalized spacial score (nSPS) is 31.6. The monoisotopic (exact) mass is 220 g/mol. The highest BCUT2D eigenvalue weighted by atomic mass is 19.3. The maximum atomic E-state index is 12.2. The molecular weight excluding hydrogens is 198 g/mol. The summed E-state index contributed by atoms with van der Waals surface area (Å²) in [7, 11) is 2.07. The van der Waals surface area contributed by atoms with E-state index in [1.54, 1.807) is 0 Å². The summed E-state index contributed by atoms with van der Waals surface area (Å²) in [6.45, 7) is 6.89. The Morgan fingerprint density at radius 1 is 1.27 bits per heavy atom. The quantitative estimate of drug-likeness (QED) is 0.701. The molecule has 0 N–H and O–H groups in total. The molecule has 0 radical (unpaired) electrons. The molecule has 0 aromatic heterocycles. The van der Waals surface area contributed by atoms with E-state index in [1.807, 2.05) is 18.7 Å². The third kappa shape index (κ3) is 3.11. The zero-order chi connectivity index (χ0) is 11.4. The van der Waals surface area contributed by atoms with Crippen LogP contribution >= 0.6 is 0 Å². The summed E-state index contributed by atoms with van der Waals surface area (Å²) >= 11 is 0. The van der Waals surface area contributed by atoms with Crippen molar-refractivity contribution in [3.63, 3.8) is 0 Å². The van der Waals surface area contributed by atoms with Gasteiger partial charge in [0.2, 0.25) is 0 Å². The zero-order valence-corrected chi connectivity index (χ0v) is 9.92. The van der Waals surface area contributed by atoms with Crippen LogP contribution in [0.1, 0.15) is 20.3 Å². The highest BCUT2D eigenvalue weighted by Gasteiger charge is 2.40. The van der Waals surface area contributed by atoms with Crippen LogP contribution in [0.15, 0.2) is 0 Å². The number of rotatable bonds is 2. The van der Waals surface area contributed by atoms with Gasteiger partial charge in [0.25, 0.3) is 6.43 Å². The minimum Gasteiger partial charge on any atom is -0.304 e. The number of hydrogen-bond acceptors (Lipinski definition) is 2. The molecule has 0 spiro atoms. The summed E-state index contributed by atoms with van der Waals surface area (Å²) in [6, 6.07) is 0.402. The van der Waals surface area contributed by atoms with E-state index >= 15 is 0 Å². The predicted molar refractivity (Wildman–Crippen MR) is 58.3 cm³/mol. The number of hydrogen-bond donors (Lipinski definition) is 0. The average molecular weight is 220 g/mol. The lowest BCUT2D eigenvalue weighted by molar-refractivity contribution is 0.0802. The molecule has 2 fully saturated rings. The van der Waals surface area contributed by atoms with E-state index in [0.717, 1.165) is 26.1 Å². The lowest BCUT2D eigenvalue weighted by Gasteiger charge is -2.23. The third-order valence-corrected chi connectivity index (χ3v) is 3.22. The van der Waals surface area contributed by atoms with E-state index in [1.165, 1.54) is 0 Å². The van der Waals surface area contributed by atoms with E-state index in [4.69, 9.17) is 0 Å². The van der Waals surface area contributed by atoms with Crippen molar-refractivity contribution in [2.24, 2.45) is 5.92 Å². The molecule has 0 aliphatic carbocycles. The highest BCUT2D eigenvalue weighted by molar-refractivity contribution is 4.95. The number of nitrogens with zero attached hydrogens (tertiary/aromatic N) is 2. The molecule has 15 heavy (non-hydrogen) atoms. The van der Waals surface area contributed by atoms with Gasteiger partial charge in [0.1, 0.15) is 0 Å². The first-order valence-corrected chi connectivity index (χ1v) is 5.87. The van der Waals surface area contributed by atoms with Crippen LogP contribution in [0, 0.1) is 5.92 Å². The number of halogens is 2. The Morgan fingerprint density at radius 3 is 2.53 bits per heavy atom. The maximum absolute atomic E-state index is 12.2. The molecule has 0 unspecified atom stereocenters. The Labute approximate surface area is 91.2 Å². The summed E-state index contributed by atoms with van der Waals surface area (Å²) in [5.74, 6) is 0.642. The smallest absolute Gasteiger partial charge is 0.251 e. The van der Waals surface area contributed by atoms with Gasteiger partial charge in [-0.25, -0.2) is 8.78 Å². The lowest BCUT2D eigenvalue weighted by atomic mass is 10.1. The van der Waals surface area contributed by atoms with Gasteiger partial charge >= 0.3 is 0 Å². The number of likely N-dealkylation sites (tertiary alicyclic amines) is 2. The minimum absolute atomic E-state index is 0.0327. The molecule has 2 rings (SSSR count). The molecule has 0 bridgehead atoms. The van der Waals surface area contributed by atoms with Gasteiger partial charge in [0, 0.05) is 19.1 Å².